The van der Waals surface area contributed by atoms with Gasteiger partial charge in [0.1, 0.15) is 0 Å². The summed E-state index contributed by atoms with van der Waals surface area (Å²) in [5, 5.41) is 0.765. The molecular formula is C43H44F12P2. The molecule has 4 aromatic rings. The fourth-order valence-electron chi connectivity index (χ4n) is 7.95. The molecule has 310 valence electrons. The van der Waals surface area contributed by atoms with Crippen molar-refractivity contribution in [3.63, 3.8) is 0 Å². The predicted octanol–water partition coefficient (Wildman–Crippen LogP) is 13.7. The Morgan fingerprint density at radius 2 is 0.719 bits per heavy atom. The maximum Gasteiger partial charge on any atom is 0.416 e. The van der Waals surface area contributed by atoms with Gasteiger partial charge < -0.3 is 0 Å². The molecule has 2 fully saturated rings. The lowest BCUT2D eigenvalue weighted by molar-refractivity contribution is -0.144. The zero-order valence-corrected chi connectivity index (χ0v) is 33.7. The first-order valence-corrected chi connectivity index (χ1v) is 21.7. The monoisotopic (exact) mass is 850 g/mol. The number of rotatable bonds is 7. The van der Waals surface area contributed by atoms with Gasteiger partial charge in [-0.15, -0.1) is 0 Å². The van der Waals surface area contributed by atoms with Gasteiger partial charge in [-0.25, -0.2) is 0 Å². The van der Waals surface area contributed by atoms with E-state index in [4.69, 9.17) is 0 Å². The summed E-state index contributed by atoms with van der Waals surface area (Å²) in [6, 6.07) is 13.7. The minimum absolute atomic E-state index is 0.0875. The normalized spacial score (nSPS) is 18.0. The van der Waals surface area contributed by atoms with Crippen LogP contribution in [0.2, 0.25) is 0 Å². The van der Waals surface area contributed by atoms with Crippen molar-refractivity contribution in [1.82, 2.24) is 0 Å². The van der Waals surface area contributed by atoms with E-state index in [0.717, 1.165) is 32.9 Å². The molecule has 0 amide bonds. The molecular weight excluding hydrogens is 806 g/mol. The molecule has 0 radical (unpaired) electrons. The van der Waals surface area contributed by atoms with Crippen LogP contribution in [0.4, 0.5) is 52.7 Å². The van der Waals surface area contributed by atoms with Gasteiger partial charge in [-0.1, -0.05) is 97.2 Å². The van der Waals surface area contributed by atoms with Crippen molar-refractivity contribution in [2.45, 2.75) is 109 Å². The van der Waals surface area contributed by atoms with Gasteiger partial charge in [0, 0.05) is 0 Å². The van der Waals surface area contributed by atoms with Gasteiger partial charge in [0.25, 0.3) is 0 Å². The summed E-state index contributed by atoms with van der Waals surface area (Å²) in [5.74, 6) is -0.452. The maximum atomic E-state index is 14.1. The molecule has 2 aliphatic carbocycles. The van der Waals surface area contributed by atoms with Gasteiger partial charge in [-0.05, 0) is 132 Å². The Labute approximate surface area is 328 Å². The SMILES string of the molecule is C1CCCC1.Cc1cc(C)cc(P(CC2CCCC2P(c2cc(C(F)(F)F)cc(C(F)(F)F)c2)c2cc(C(F)(F)F)cc(C(F)(F)F)c2)c2cc(C)cc(C)c2)c1. The van der Waals surface area contributed by atoms with Crippen LogP contribution in [0.3, 0.4) is 0 Å². The van der Waals surface area contributed by atoms with E-state index in [1.54, 1.807) is 0 Å². The maximum absolute atomic E-state index is 14.1. The van der Waals surface area contributed by atoms with Crippen molar-refractivity contribution < 1.29 is 52.7 Å². The standard InChI is InChI=1S/C38H34F12P2.C5H10/c1-21-8-22(2)11-30(10-21)51(31-12-23(3)9-24(4)13-31)20-25-6-5-7-34(25)52(32-16-26(35(39,40)41)14-27(17-32)36(42,43)44)33-18-28(37(45,46)47)15-29(19-33)38(48,49)50;1-2-4-5-3-1/h8-19,25,34H,5-7,20H2,1-4H3;1-5H2. The Kier molecular flexibility index (Phi) is 13.9. The second kappa shape index (κ2) is 17.6. The summed E-state index contributed by atoms with van der Waals surface area (Å²) in [4.78, 5) is 0. The van der Waals surface area contributed by atoms with E-state index in [-0.39, 0.29) is 18.6 Å². The first-order chi connectivity index (χ1) is 26.4. The van der Waals surface area contributed by atoms with Crippen LogP contribution in [0, 0.1) is 33.6 Å². The number of benzene rings is 4. The van der Waals surface area contributed by atoms with E-state index >= 15 is 0 Å². The first kappa shape index (κ1) is 45.0. The summed E-state index contributed by atoms with van der Waals surface area (Å²) in [7, 11) is -3.85. The highest BCUT2D eigenvalue weighted by molar-refractivity contribution is 7.74. The van der Waals surface area contributed by atoms with Crippen LogP contribution in [-0.2, 0) is 24.7 Å². The van der Waals surface area contributed by atoms with E-state index in [9.17, 15) is 52.7 Å². The van der Waals surface area contributed by atoms with Crippen molar-refractivity contribution in [1.29, 1.82) is 0 Å². The van der Waals surface area contributed by atoms with E-state index in [0.29, 0.717) is 43.3 Å². The van der Waals surface area contributed by atoms with Gasteiger partial charge in [0.05, 0.1) is 22.3 Å². The Balaban J connectivity index is 0.00000115. The molecule has 2 aliphatic rings. The Morgan fingerprint density at radius 3 is 1.02 bits per heavy atom. The van der Waals surface area contributed by atoms with Crippen molar-refractivity contribution in [2.24, 2.45) is 5.92 Å². The van der Waals surface area contributed by atoms with Crippen LogP contribution in [0.5, 0.6) is 0 Å². The summed E-state index contributed by atoms with van der Waals surface area (Å²) in [5.41, 5.74) is -3.72. The molecule has 4 aromatic carbocycles. The average Bonchev–Trinajstić information content (AvgIpc) is 3.81. The van der Waals surface area contributed by atoms with Crippen LogP contribution in [-0.4, -0.2) is 11.8 Å². The summed E-state index contributed by atoms with van der Waals surface area (Å²) in [6.45, 7) is 7.67. The number of hydrogen-bond donors (Lipinski definition) is 0. The number of halogens is 12. The lowest BCUT2D eigenvalue weighted by atomic mass is 10.1. The largest absolute Gasteiger partial charge is 0.416 e. The Morgan fingerprint density at radius 1 is 0.404 bits per heavy atom. The lowest BCUT2D eigenvalue weighted by Gasteiger charge is -2.34. The van der Waals surface area contributed by atoms with Gasteiger partial charge in [-0.3, -0.25) is 0 Å². The average molecular weight is 851 g/mol. The molecule has 0 saturated heterocycles. The van der Waals surface area contributed by atoms with Crippen molar-refractivity contribution in [3.05, 3.63) is 117 Å². The molecule has 0 heterocycles. The molecule has 14 heteroatoms. The van der Waals surface area contributed by atoms with Gasteiger partial charge >= 0.3 is 24.7 Å². The molecule has 6 rings (SSSR count). The van der Waals surface area contributed by atoms with Gasteiger partial charge in [-0.2, -0.15) is 52.7 Å². The summed E-state index contributed by atoms with van der Waals surface area (Å²) in [6.07, 6.45) is -12.2. The van der Waals surface area contributed by atoms with Crippen LogP contribution in [0.1, 0.15) is 95.9 Å². The summed E-state index contributed by atoms with van der Waals surface area (Å²) < 4.78 is 169. The molecule has 0 aromatic heterocycles. The molecule has 0 spiro atoms. The third-order valence-corrected chi connectivity index (χ3v) is 15.9. The van der Waals surface area contributed by atoms with Crippen molar-refractivity contribution >= 4 is 37.1 Å². The zero-order chi connectivity index (χ0) is 42.1. The number of aryl methyl sites for hydroxylation is 4. The topological polar surface area (TPSA) is 0 Å². The minimum atomic E-state index is -5.28. The molecule has 2 atom stereocenters. The fraction of sp³-hybridized carbons (Fsp3) is 0.442. The predicted molar refractivity (Wildman–Crippen MR) is 206 cm³/mol. The quantitative estimate of drug-likeness (QED) is 0.128. The number of alkyl halides is 12. The molecule has 2 saturated carbocycles. The highest BCUT2D eigenvalue weighted by Crippen LogP contribution is 2.55. The minimum Gasteiger partial charge on any atom is -0.166 e. The molecule has 0 aliphatic heterocycles. The van der Waals surface area contributed by atoms with E-state index in [2.05, 4.69) is 0 Å². The van der Waals surface area contributed by atoms with Crippen LogP contribution in [0.25, 0.3) is 0 Å². The van der Waals surface area contributed by atoms with Crippen molar-refractivity contribution in [2.75, 3.05) is 6.16 Å². The highest BCUT2D eigenvalue weighted by Gasteiger charge is 2.44. The lowest BCUT2D eigenvalue weighted by Crippen LogP contribution is -2.30. The van der Waals surface area contributed by atoms with E-state index in [1.807, 2.05) is 64.1 Å². The van der Waals surface area contributed by atoms with Crippen LogP contribution < -0.4 is 21.2 Å². The van der Waals surface area contributed by atoms with Crippen molar-refractivity contribution in [3.8, 4) is 0 Å². The third kappa shape index (κ3) is 11.8. The summed E-state index contributed by atoms with van der Waals surface area (Å²) >= 11 is 0. The first-order valence-electron chi connectivity index (χ1n) is 18.7. The molecule has 0 N–H and O–H groups in total. The zero-order valence-electron chi connectivity index (χ0n) is 31.9. The molecule has 57 heavy (non-hydrogen) atoms. The Bertz CT molecular complexity index is 1770. The second-order valence-electron chi connectivity index (χ2n) is 15.2. The molecule has 0 nitrogen and oxygen atoms in total. The number of hydrogen-bond acceptors (Lipinski definition) is 0. The Hall–Kier alpha value is -3.10. The van der Waals surface area contributed by atoms with Crippen LogP contribution in [0.15, 0.2) is 72.8 Å². The van der Waals surface area contributed by atoms with Gasteiger partial charge in [0.2, 0.25) is 0 Å². The molecule has 0 bridgehead atoms. The smallest absolute Gasteiger partial charge is 0.166 e. The van der Waals surface area contributed by atoms with Crippen LogP contribution >= 0.6 is 15.8 Å². The fourth-order valence-corrected chi connectivity index (χ4v) is 14.5. The highest BCUT2D eigenvalue weighted by atomic mass is 31.1. The molecule has 2 unspecified atom stereocenters. The third-order valence-electron chi connectivity index (χ3n) is 10.4. The van der Waals surface area contributed by atoms with E-state index in [1.165, 1.54) is 32.1 Å². The van der Waals surface area contributed by atoms with E-state index < -0.39 is 85.0 Å². The second-order valence-corrected chi connectivity index (χ2v) is 19.9. The van der Waals surface area contributed by atoms with Gasteiger partial charge in [0.15, 0.2) is 0 Å².